The Morgan fingerprint density at radius 2 is 1.89 bits per heavy atom. The number of fused-ring (bicyclic) bond motifs is 2. The second-order valence-electron chi connectivity index (χ2n) is 5.83. The van der Waals surface area contributed by atoms with Crippen LogP contribution in [0.2, 0.25) is 0 Å². The van der Waals surface area contributed by atoms with Gasteiger partial charge in [-0.05, 0) is 43.4 Å². The Morgan fingerprint density at radius 3 is 2.53 bits per heavy atom. The molecule has 3 N–H and O–H groups in total. The minimum atomic E-state index is -0.160. The van der Waals surface area contributed by atoms with Crippen LogP contribution in [0.5, 0.6) is 0 Å². The van der Waals surface area contributed by atoms with Gasteiger partial charge in [0.25, 0.3) is 0 Å². The Hall–Kier alpha value is -1.26. The van der Waals surface area contributed by atoms with E-state index in [0.717, 1.165) is 30.7 Å². The summed E-state index contributed by atoms with van der Waals surface area (Å²) in [4.78, 5) is 22.5. The van der Waals surface area contributed by atoms with Gasteiger partial charge < -0.3 is 16.0 Å². The van der Waals surface area contributed by atoms with E-state index in [0.29, 0.717) is 13.0 Å². The van der Waals surface area contributed by atoms with Crippen molar-refractivity contribution in [2.45, 2.75) is 38.5 Å². The Bertz CT molecular complexity index is 333. The Kier molecular flexibility index (Phi) is 5.05. The van der Waals surface area contributed by atoms with Gasteiger partial charge in [-0.25, -0.2) is 4.79 Å². The summed E-state index contributed by atoms with van der Waals surface area (Å²) in [5.74, 6) is 2.66. The van der Waals surface area contributed by atoms with Crippen LogP contribution >= 0.6 is 0 Å². The predicted octanol–water partition coefficient (Wildman–Crippen LogP) is 1.25. The Morgan fingerprint density at radius 1 is 1.11 bits per heavy atom. The third-order valence-electron chi connectivity index (χ3n) is 4.60. The van der Waals surface area contributed by atoms with Crippen LogP contribution in [0.4, 0.5) is 4.79 Å². The summed E-state index contributed by atoms with van der Waals surface area (Å²) < 4.78 is 0. The van der Waals surface area contributed by atoms with Crippen LogP contribution in [0.25, 0.3) is 0 Å². The molecule has 3 unspecified atom stereocenters. The first-order valence-electron chi connectivity index (χ1n) is 7.41. The van der Waals surface area contributed by atoms with Crippen molar-refractivity contribution in [3.05, 3.63) is 0 Å². The van der Waals surface area contributed by atoms with Crippen molar-refractivity contribution in [3.8, 4) is 0 Å². The van der Waals surface area contributed by atoms with Crippen molar-refractivity contribution in [2.75, 3.05) is 20.1 Å². The van der Waals surface area contributed by atoms with Crippen molar-refractivity contribution in [2.24, 2.45) is 17.8 Å². The second-order valence-corrected chi connectivity index (χ2v) is 5.83. The average Bonchev–Trinajstić information content (AvgIpc) is 3.01. The van der Waals surface area contributed by atoms with Gasteiger partial charge in [-0.2, -0.15) is 0 Å². The first-order valence-corrected chi connectivity index (χ1v) is 7.41. The minimum absolute atomic E-state index is 0.0534. The maximum atomic E-state index is 11.5. The molecule has 0 aromatic heterocycles. The lowest BCUT2D eigenvalue weighted by Gasteiger charge is -2.21. The molecule has 2 saturated carbocycles. The van der Waals surface area contributed by atoms with Crippen molar-refractivity contribution in [1.82, 2.24) is 16.0 Å². The molecular formula is C14H25N3O2. The summed E-state index contributed by atoms with van der Waals surface area (Å²) >= 11 is 0. The minimum Gasteiger partial charge on any atom is -0.359 e. The number of carbonyl (C=O) groups is 2. The molecule has 2 aliphatic rings. The topological polar surface area (TPSA) is 70.2 Å². The van der Waals surface area contributed by atoms with E-state index in [4.69, 9.17) is 0 Å². The zero-order valence-corrected chi connectivity index (χ0v) is 11.7. The van der Waals surface area contributed by atoms with E-state index >= 15 is 0 Å². The van der Waals surface area contributed by atoms with Gasteiger partial charge in [0, 0.05) is 26.6 Å². The molecule has 108 valence electrons. The quantitative estimate of drug-likeness (QED) is 0.678. The molecule has 3 amide bonds. The standard InChI is InChI=1S/C14H25N3O2/c1-15-13(18)5-7-17-14(19)16-6-4-12-9-10-2-3-11(12)8-10/h10-12H,2-9H2,1H3,(H,15,18)(H2,16,17,19). The van der Waals surface area contributed by atoms with E-state index < -0.39 is 0 Å². The summed E-state index contributed by atoms with van der Waals surface area (Å²) in [7, 11) is 1.59. The normalized spacial score (nSPS) is 28.2. The first kappa shape index (κ1) is 14.2. The fourth-order valence-corrected chi connectivity index (χ4v) is 3.58. The predicted molar refractivity (Wildman–Crippen MR) is 73.6 cm³/mol. The molecule has 19 heavy (non-hydrogen) atoms. The maximum absolute atomic E-state index is 11.5. The Labute approximate surface area is 114 Å². The molecule has 0 aromatic carbocycles. The largest absolute Gasteiger partial charge is 0.359 e. The summed E-state index contributed by atoms with van der Waals surface area (Å²) in [6.45, 7) is 1.14. The molecule has 5 heteroatoms. The molecule has 0 aromatic rings. The smallest absolute Gasteiger partial charge is 0.314 e. The van der Waals surface area contributed by atoms with Crippen LogP contribution in [0, 0.1) is 17.8 Å². The van der Waals surface area contributed by atoms with Gasteiger partial charge >= 0.3 is 6.03 Å². The van der Waals surface area contributed by atoms with Crippen LogP contribution in [-0.4, -0.2) is 32.1 Å². The molecule has 2 rings (SSSR count). The highest BCUT2D eigenvalue weighted by atomic mass is 16.2. The zero-order chi connectivity index (χ0) is 13.7. The monoisotopic (exact) mass is 267 g/mol. The second kappa shape index (κ2) is 6.78. The van der Waals surface area contributed by atoms with Gasteiger partial charge in [0.05, 0.1) is 0 Å². The van der Waals surface area contributed by atoms with Gasteiger partial charge in [0.1, 0.15) is 0 Å². The van der Waals surface area contributed by atoms with Gasteiger partial charge in [0.2, 0.25) is 5.91 Å². The first-order chi connectivity index (χ1) is 9.19. The lowest BCUT2D eigenvalue weighted by atomic mass is 9.86. The molecule has 0 radical (unpaired) electrons. The molecule has 2 fully saturated rings. The van der Waals surface area contributed by atoms with Crippen molar-refractivity contribution < 1.29 is 9.59 Å². The van der Waals surface area contributed by atoms with Crippen LogP contribution in [0.15, 0.2) is 0 Å². The molecule has 2 bridgehead atoms. The number of amides is 3. The van der Waals surface area contributed by atoms with Crippen LogP contribution in [0.1, 0.15) is 38.5 Å². The summed E-state index contributed by atoms with van der Waals surface area (Å²) in [6.07, 6.45) is 7.04. The highest BCUT2D eigenvalue weighted by Gasteiger charge is 2.38. The zero-order valence-electron chi connectivity index (χ0n) is 11.7. The van der Waals surface area contributed by atoms with Gasteiger partial charge in [-0.3, -0.25) is 4.79 Å². The SMILES string of the molecule is CNC(=O)CCNC(=O)NCCC1CC2CCC1C2. The number of nitrogens with one attached hydrogen (secondary N) is 3. The molecule has 5 nitrogen and oxygen atoms in total. The molecule has 0 spiro atoms. The molecule has 2 aliphatic carbocycles. The number of carbonyl (C=O) groups excluding carboxylic acids is 2. The van der Waals surface area contributed by atoms with E-state index in [9.17, 15) is 9.59 Å². The maximum Gasteiger partial charge on any atom is 0.314 e. The lowest BCUT2D eigenvalue weighted by molar-refractivity contribution is -0.120. The van der Waals surface area contributed by atoms with E-state index in [2.05, 4.69) is 16.0 Å². The number of hydrogen-bond acceptors (Lipinski definition) is 2. The van der Waals surface area contributed by atoms with Crippen LogP contribution in [0.3, 0.4) is 0 Å². The highest BCUT2D eigenvalue weighted by molar-refractivity contribution is 5.77. The summed E-state index contributed by atoms with van der Waals surface area (Å²) in [6, 6.07) is -0.160. The van der Waals surface area contributed by atoms with E-state index in [-0.39, 0.29) is 11.9 Å². The fourth-order valence-electron chi connectivity index (χ4n) is 3.58. The van der Waals surface area contributed by atoms with E-state index in [1.165, 1.54) is 25.7 Å². The van der Waals surface area contributed by atoms with Gasteiger partial charge in [-0.1, -0.05) is 6.42 Å². The fraction of sp³-hybridized carbons (Fsp3) is 0.857. The highest BCUT2D eigenvalue weighted by Crippen LogP contribution is 2.49. The summed E-state index contributed by atoms with van der Waals surface area (Å²) in [5, 5.41) is 8.10. The number of rotatable bonds is 6. The van der Waals surface area contributed by atoms with Crippen LogP contribution in [-0.2, 0) is 4.79 Å². The summed E-state index contributed by atoms with van der Waals surface area (Å²) in [5.41, 5.74) is 0. The molecule has 3 atom stereocenters. The van der Waals surface area contributed by atoms with Gasteiger partial charge in [-0.15, -0.1) is 0 Å². The van der Waals surface area contributed by atoms with Gasteiger partial charge in [0.15, 0.2) is 0 Å². The third kappa shape index (κ3) is 4.11. The molecule has 0 aliphatic heterocycles. The molecule has 0 heterocycles. The molecular weight excluding hydrogens is 242 g/mol. The average molecular weight is 267 g/mol. The molecule has 0 saturated heterocycles. The van der Waals surface area contributed by atoms with E-state index in [1.54, 1.807) is 7.05 Å². The van der Waals surface area contributed by atoms with Crippen molar-refractivity contribution >= 4 is 11.9 Å². The van der Waals surface area contributed by atoms with Crippen LogP contribution < -0.4 is 16.0 Å². The Balaban J connectivity index is 1.51. The third-order valence-corrected chi connectivity index (χ3v) is 4.60. The van der Waals surface area contributed by atoms with Crippen molar-refractivity contribution in [3.63, 3.8) is 0 Å². The lowest BCUT2D eigenvalue weighted by Crippen LogP contribution is -2.38. The van der Waals surface area contributed by atoms with E-state index in [1.807, 2.05) is 0 Å². The van der Waals surface area contributed by atoms with Crippen molar-refractivity contribution in [1.29, 1.82) is 0 Å². The number of hydrogen-bond donors (Lipinski definition) is 3. The number of urea groups is 1.